The second-order valence-electron chi connectivity index (χ2n) is 4.43. The Morgan fingerprint density at radius 1 is 1.16 bits per heavy atom. The van der Waals surface area contributed by atoms with Gasteiger partial charge < -0.3 is 5.11 Å². The number of hydrogen-bond acceptors (Lipinski definition) is 1. The van der Waals surface area contributed by atoms with Crippen LogP contribution in [0.2, 0.25) is 0 Å². The molecule has 0 aromatic heterocycles. The molecule has 0 saturated heterocycles. The van der Waals surface area contributed by atoms with E-state index < -0.39 is 11.8 Å². The zero-order chi connectivity index (χ0) is 13.8. The lowest BCUT2D eigenvalue weighted by atomic mass is 9.99. The van der Waals surface area contributed by atoms with Crippen LogP contribution in [0.5, 0.6) is 0 Å². The average Bonchev–Trinajstić information content (AvgIpc) is 2.41. The normalized spacial score (nSPS) is 10.4. The molecule has 0 fully saturated rings. The molecule has 0 aliphatic carbocycles. The maximum atomic E-state index is 13.5. The van der Waals surface area contributed by atoms with E-state index in [1.54, 1.807) is 12.1 Å². The molecule has 0 unspecified atom stereocenters. The van der Waals surface area contributed by atoms with Crippen LogP contribution >= 0.6 is 0 Å². The van der Waals surface area contributed by atoms with Gasteiger partial charge in [0.2, 0.25) is 0 Å². The molecule has 0 bridgehead atoms. The van der Waals surface area contributed by atoms with Crippen LogP contribution in [0.1, 0.15) is 18.1 Å². The molecule has 0 atom stereocenters. The van der Waals surface area contributed by atoms with Gasteiger partial charge in [-0.25, -0.2) is 4.39 Å². The Hall–Kier alpha value is -2.16. The smallest absolute Gasteiger partial charge is 0.307 e. The number of hydrogen-bond donors (Lipinski definition) is 1. The Kier molecular flexibility index (Phi) is 3.95. The number of carboxylic acids is 1. The Labute approximate surface area is 111 Å². The number of benzene rings is 2. The number of rotatable bonds is 4. The van der Waals surface area contributed by atoms with E-state index in [2.05, 4.69) is 6.92 Å². The Bertz CT molecular complexity index is 605. The van der Waals surface area contributed by atoms with E-state index >= 15 is 0 Å². The van der Waals surface area contributed by atoms with E-state index in [1.807, 2.05) is 24.3 Å². The van der Waals surface area contributed by atoms with Crippen LogP contribution in [0.4, 0.5) is 4.39 Å². The molecule has 0 spiro atoms. The van der Waals surface area contributed by atoms with Crippen molar-refractivity contribution >= 4 is 5.97 Å². The minimum absolute atomic E-state index is 0.215. The van der Waals surface area contributed by atoms with E-state index in [4.69, 9.17) is 5.11 Å². The van der Waals surface area contributed by atoms with E-state index in [0.717, 1.165) is 17.5 Å². The van der Waals surface area contributed by atoms with Gasteiger partial charge >= 0.3 is 5.97 Å². The molecular weight excluding hydrogens is 243 g/mol. The molecule has 0 aliphatic rings. The number of aryl methyl sites for hydroxylation is 1. The van der Waals surface area contributed by atoms with Crippen LogP contribution in [0.25, 0.3) is 11.1 Å². The van der Waals surface area contributed by atoms with Gasteiger partial charge in [0.1, 0.15) is 5.82 Å². The minimum atomic E-state index is -1.03. The zero-order valence-corrected chi connectivity index (χ0v) is 10.7. The molecule has 98 valence electrons. The maximum absolute atomic E-state index is 13.5. The van der Waals surface area contributed by atoms with Crippen molar-refractivity contribution in [2.45, 2.75) is 19.8 Å². The van der Waals surface area contributed by atoms with Crippen molar-refractivity contribution in [2.24, 2.45) is 0 Å². The number of carboxylic acid groups (broad SMARTS) is 1. The number of carbonyl (C=O) groups is 1. The number of halogens is 1. The van der Waals surface area contributed by atoms with Crippen LogP contribution in [0.3, 0.4) is 0 Å². The Morgan fingerprint density at radius 3 is 2.58 bits per heavy atom. The van der Waals surface area contributed by atoms with Crippen molar-refractivity contribution in [3.8, 4) is 11.1 Å². The standard InChI is InChI=1S/C16H15FO2/c1-2-11-4-3-5-12(8-11)13-6-7-15(17)14(9-13)10-16(18)19/h3-9H,2,10H2,1H3,(H,18,19). The van der Waals surface area contributed by atoms with E-state index in [0.29, 0.717) is 0 Å². The molecule has 0 aliphatic heterocycles. The molecule has 1 N–H and O–H groups in total. The first-order chi connectivity index (χ1) is 9.10. The van der Waals surface area contributed by atoms with Crippen LogP contribution in [-0.2, 0) is 17.6 Å². The third-order valence-electron chi connectivity index (χ3n) is 3.06. The fourth-order valence-corrected chi connectivity index (χ4v) is 2.02. The molecule has 0 amide bonds. The van der Waals surface area contributed by atoms with Gasteiger partial charge in [-0.2, -0.15) is 0 Å². The Balaban J connectivity index is 2.41. The molecule has 0 saturated carbocycles. The fourth-order valence-electron chi connectivity index (χ4n) is 2.02. The summed E-state index contributed by atoms with van der Waals surface area (Å²) in [7, 11) is 0. The quantitative estimate of drug-likeness (QED) is 0.908. The van der Waals surface area contributed by atoms with Gasteiger partial charge in [-0.05, 0) is 40.8 Å². The van der Waals surface area contributed by atoms with E-state index in [9.17, 15) is 9.18 Å². The molecule has 0 heterocycles. The SMILES string of the molecule is CCc1cccc(-c2ccc(F)c(CC(=O)O)c2)c1. The summed E-state index contributed by atoms with van der Waals surface area (Å²) in [6.45, 7) is 2.07. The molecule has 3 heteroatoms. The molecule has 2 nitrogen and oxygen atoms in total. The minimum Gasteiger partial charge on any atom is -0.481 e. The predicted octanol–water partition coefficient (Wildman–Crippen LogP) is 3.68. The summed E-state index contributed by atoms with van der Waals surface area (Å²) in [5.41, 5.74) is 3.23. The summed E-state index contributed by atoms with van der Waals surface area (Å²) < 4.78 is 13.5. The number of aliphatic carboxylic acids is 1. The lowest BCUT2D eigenvalue weighted by Crippen LogP contribution is -2.02. The summed E-state index contributed by atoms with van der Waals surface area (Å²) in [5.74, 6) is -1.50. The van der Waals surface area contributed by atoms with Crippen LogP contribution in [-0.4, -0.2) is 11.1 Å². The predicted molar refractivity (Wildman–Crippen MR) is 72.6 cm³/mol. The first-order valence-electron chi connectivity index (χ1n) is 6.19. The lowest BCUT2D eigenvalue weighted by Gasteiger charge is -2.07. The van der Waals surface area contributed by atoms with Gasteiger partial charge in [0, 0.05) is 0 Å². The van der Waals surface area contributed by atoms with E-state index in [1.165, 1.54) is 11.6 Å². The van der Waals surface area contributed by atoms with E-state index in [-0.39, 0.29) is 12.0 Å². The van der Waals surface area contributed by atoms with Gasteiger partial charge in [-0.3, -0.25) is 4.79 Å². The van der Waals surface area contributed by atoms with Crippen molar-refractivity contribution in [1.82, 2.24) is 0 Å². The van der Waals surface area contributed by atoms with Crippen LogP contribution in [0, 0.1) is 5.82 Å². The Morgan fingerprint density at radius 2 is 1.89 bits per heavy atom. The maximum Gasteiger partial charge on any atom is 0.307 e. The highest BCUT2D eigenvalue weighted by molar-refractivity contribution is 5.72. The van der Waals surface area contributed by atoms with Gasteiger partial charge in [-0.1, -0.05) is 37.3 Å². The second-order valence-corrected chi connectivity index (χ2v) is 4.43. The highest BCUT2D eigenvalue weighted by Crippen LogP contribution is 2.23. The second kappa shape index (κ2) is 5.65. The van der Waals surface area contributed by atoms with Crippen LogP contribution in [0.15, 0.2) is 42.5 Å². The summed E-state index contributed by atoms with van der Waals surface area (Å²) in [5, 5.41) is 8.77. The zero-order valence-electron chi connectivity index (χ0n) is 10.7. The van der Waals surface area contributed by atoms with Crippen molar-refractivity contribution in [3.63, 3.8) is 0 Å². The van der Waals surface area contributed by atoms with Crippen molar-refractivity contribution < 1.29 is 14.3 Å². The van der Waals surface area contributed by atoms with Gasteiger partial charge in [0.15, 0.2) is 0 Å². The van der Waals surface area contributed by atoms with Crippen molar-refractivity contribution in [3.05, 3.63) is 59.4 Å². The first kappa shape index (κ1) is 13.3. The lowest BCUT2D eigenvalue weighted by molar-refractivity contribution is -0.136. The highest BCUT2D eigenvalue weighted by atomic mass is 19.1. The summed E-state index contributed by atoms with van der Waals surface area (Å²) in [6, 6.07) is 12.6. The molecule has 2 aromatic rings. The molecule has 2 aromatic carbocycles. The third kappa shape index (κ3) is 3.19. The molecular formula is C16H15FO2. The molecule has 19 heavy (non-hydrogen) atoms. The van der Waals surface area contributed by atoms with Crippen LogP contribution < -0.4 is 0 Å². The van der Waals surface area contributed by atoms with Crippen molar-refractivity contribution in [2.75, 3.05) is 0 Å². The van der Waals surface area contributed by atoms with Gasteiger partial charge in [0.05, 0.1) is 6.42 Å². The average molecular weight is 258 g/mol. The topological polar surface area (TPSA) is 37.3 Å². The highest BCUT2D eigenvalue weighted by Gasteiger charge is 2.09. The fraction of sp³-hybridized carbons (Fsp3) is 0.188. The third-order valence-corrected chi connectivity index (χ3v) is 3.06. The first-order valence-corrected chi connectivity index (χ1v) is 6.19. The molecule has 2 rings (SSSR count). The van der Waals surface area contributed by atoms with Gasteiger partial charge in [-0.15, -0.1) is 0 Å². The summed E-state index contributed by atoms with van der Waals surface area (Å²) >= 11 is 0. The van der Waals surface area contributed by atoms with Crippen molar-refractivity contribution in [1.29, 1.82) is 0 Å². The molecule has 0 radical (unpaired) electrons. The largest absolute Gasteiger partial charge is 0.481 e. The van der Waals surface area contributed by atoms with Gasteiger partial charge in [0.25, 0.3) is 0 Å². The summed E-state index contributed by atoms with van der Waals surface area (Å²) in [6.07, 6.45) is 0.629. The monoisotopic (exact) mass is 258 g/mol. The summed E-state index contributed by atoms with van der Waals surface area (Å²) in [4.78, 5) is 10.7.